The number of nitrogens with one attached hydrogen (secondary N) is 2. The van der Waals surface area contributed by atoms with Crippen LogP contribution in [0, 0.1) is 12.8 Å². The summed E-state index contributed by atoms with van der Waals surface area (Å²) in [4.78, 5) is 37.0. The van der Waals surface area contributed by atoms with Crippen molar-refractivity contribution in [3.63, 3.8) is 0 Å². The molecule has 2 fully saturated rings. The molecule has 9 nitrogen and oxygen atoms in total. The Bertz CT molecular complexity index is 1190. The topological polar surface area (TPSA) is 145 Å². The van der Waals surface area contributed by atoms with Crippen LogP contribution in [0.3, 0.4) is 0 Å². The van der Waals surface area contributed by atoms with E-state index in [0.29, 0.717) is 16.7 Å². The zero-order chi connectivity index (χ0) is 25.8. The van der Waals surface area contributed by atoms with Crippen molar-refractivity contribution < 1.29 is 34.4 Å². The summed E-state index contributed by atoms with van der Waals surface area (Å²) < 4.78 is 5.48. The summed E-state index contributed by atoms with van der Waals surface area (Å²) in [5, 5.41) is 39.3. The van der Waals surface area contributed by atoms with E-state index in [-0.39, 0.29) is 23.5 Å². The van der Waals surface area contributed by atoms with E-state index in [4.69, 9.17) is 4.74 Å². The van der Waals surface area contributed by atoms with Crippen molar-refractivity contribution in [1.82, 2.24) is 10.6 Å². The normalized spacial score (nSPS) is 31.4. The minimum Gasteiger partial charge on any atom is -0.507 e. The van der Waals surface area contributed by atoms with Crippen LogP contribution in [-0.4, -0.2) is 62.5 Å². The number of urea groups is 1. The van der Waals surface area contributed by atoms with E-state index in [2.05, 4.69) is 10.6 Å². The zero-order valence-corrected chi connectivity index (χ0v) is 20.1. The van der Waals surface area contributed by atoms with Crippen molar-refractivity contribution in [3.8, 4) is 5.75 Å². The molecule has 5 N–H and O–H groups in total. The van der Waals surface area contributed by atoms with Crippen molar-refractivity contribution in [2.75, 3.05) is 6.61 Å². The smallest absolute Gasteiger partial charge is 0.342 e. The maximum Gasteiger partial charge on any atom is 0.342 e. The van der Waals surface area contributed by atoms with Crippen LogP contribution >= 0.6 is 0 Å². The molecule has 1 heterocycles. The predicted molar refractivity (Wildman–Crippen MR) is 126 cm³/mol. The Labute approximate surface area is 203 Å². The van der Waals surface area contributed by atoms with Crippen molar-refractivity contribution >= 4 is 17.8 Å². The number of Topliss-reactive ketones (excluding diaryl/α,β-unsaturated/α-hetero) is 1. The highest BCUT2D eigenvalue weighted by Crippen LogP contribution is 2.53. The third-order valence-corrected chi connectivity index (χ3v) is 7.82. The van der Waals surface area contributed by atoms with Crippen molar-refractivity contribution in [2.24, 2.45) is 5.92 Å². The molecule has 2 aromatic carbocycles. The van der Waals surface area contributed by atoms with Crippen LogP contribution in [0.1, 0.15) is 52.6 Å². The van der Waals surface area contributed by atoms with Crippen molar-refractivity contribution in [2.45, 2.75) is 56.9 Å². The molecule has 186 valence electrons. The molecule has 0 spiro atoms. The second kappa shape index (κ2) is 8.35. The molecule has 0 bridgehead atoms. The van der Waals surface area contributed by atoms with Gasteiger partial charge in [-0.25, -0.2) is 9.59 Å². The van der Waals surface area contributed by atoms with Crippen LogP contribution < -0.4 is 10.6 Å². The highest BCUT2D eigenvalue weighted by Gasteiger charge is 2.75. The number of aromatic hydroxyl groups is 1. The molecule has 2 aliphatic rings. The molecular weight excluding hydrogens is 452 g/mol. The van der Waals surface area contributed by atoms with Gasteiger partial charge in [-0.1, -0.05) is 30.3 Å². The van der Waals surface area contributed by atoms with Gasteiger partial charge in [0, 0.05) is 11.5 Å². The van der Waals surface area contributed by atoms with Gasteiger partial charge in [-0.05, 0) is 57.4 Å². The lowest BCUT2D eigenvalue weighted by molar-refractivity contribution is -0.181. The van der Waals surface area contributed by atoms with Crippen LogP contribution in [0.15, 0.2) is 42.5 Å². The Kier molecular flexibility index (Phi) is 5.89. The minimum atomic E-state index is -1.99. The lowest BCUT2D eigenvalue weighted by Crippen LogP contribution is -2.67. The van der Waals surface area contributed by atoms with Gasteiger partial charge in [0.05, 0.1) is 11.6 Å². The van der Waals surface area contributed by atoms with E-state index in [1.165, 1.54) is 19.9 Å². The SMILES string of the molecule is CC(=O)c1cccc(C[C@H]2[C@@H]3NC(=O)N[C@]3(C)[C@@](C)(O)[C@@]2(O)COC(=O)c2c(C)cccc2O)c1. The lowest BCUT2D eigenvalue weighted by atomic mass is 9.76. The number of esters is 1. The van der Waals surface area contributed by atoms with E-state index >= 15 is 0 Å². The van der Waals surface area contributed by atoms with Crippen LogP contribution in [-0.2, 0) is 11.2 Å². The molecule has 1 aliphatic carbocycles. The van der Waals surface area contributed by atoms with Crippen LogP contribution in [0.2, 0.25) is 0 Å². The third kappa shape index (κ3) is 3.75. The van der Waals surface area contributed by atoms with E-state index in [1.54, 1.807) is 50.2 Å². The first-order valence-corrected chi connectivity index (χ1v) is 11.4. The van der Waals surface area contributed by atoms with Crippen LogP contribution in [0.25, 0.3) is 0 Å². The number of hydrogen-bond donors (Lipinski definition) is 5. The van der Waals surface area contributed by atoms with Crippen LogP contribution in [0.5, 0.6) is 5.75 Å². The quantitative estimate of drug-likeness (QED) is 0.312. The Balaban J connectivity index is 1.70. The number of aryl methyl sites for hydroxylation is 1. The maximum atomic E-state index is 12.9. The number of carbonyl (C=O) groups excluding carboxylic acids is 3. The Morgan fingerprint density at radius 3 is 2.46 bits per heavy atom. The summed E-state index contributed by atoms with van der Waals surface area (Å²) in [7, 11) is 0. The number of carbonyl (C=O) groups is 3. The number of hydrogen-bond acceptors (Lipinski definition) is 7. The molecule has 35 heavy (non-hydrogen) atoms. The standard InChI is InChI=1S/C26H30N2O7/c1-14-7-5-10-19(30)20(14)22(31)35-13-26(34)18(12-16-8-6-9-17(11-16)15(2)29)21-24(3,25(26,4)33)28-23(32)27-21/h5-11,18,21,30,33-34H,12-13H2,1-4H3,(H2,27,28,32)/t18-,21-,24-,25+,26+/m0/s1. The van der Waals surface area contributed by atoms with Gasteiger partial charge < -0.3 is 30.7 Å². The fourth-order valence-corrected chi connectivity index (χ4v) is 5.52. The minimum absolute atomic E-state index is 0.0303. The van der Waals surface area contributed by atoms with Crippen molar-refractivity contribution in [3.05, 3.63) is 64.7 Å². The molecule has 4 rings (SSSR count). The second-order valence-electron chi connectivity index (χ2n) is 9.89. The van der Waals surface area contributed by atoms with Crippen LogP contribution in [0.4, 0.5) is 4.79 Å². The summed E-state index contributed by atoms with van der Waals surface area (Å²) in [5.74, 6) is -2.01. The van der Waals surface area contributed by atoms with Crippen molar-refractivity contribution in [1.29, 1.82) is 0 Å². The molecule has 1 aliphatic heterocycles. The summed E-state index contributed by atoms with van der Waals surface area (Å²) >= 11 is 0. The van der Waals surface area contributed by atoms with Gasteiger partial charge in [-0.3, -0.25) is 4.79 Å². The first-order chi connectivity index (χ1) is 16.3. The van der Waals surface area contributed by atoms with E-state index < -0.39 is 47.3 Å². The first-order valence-electron chi connectivity index (χ1n) is 11.4. The van der Waals surface area contributed by atoms with Gasteiger partial charge in [0.2, 0.25) is 0 Å². The molecule has 2 aromatic rings. The maximum absolute atomic E-state index is 12.9. The molecule has 1 saturated carbocycles. The number of ether oxygens (including phenoxy) is 1. The number of aliphatic hydroxyl groups is 2. The van der Waals surface area contributed by atoms with Gasteiger partial charge in [0.15, 0.2) is 5.78 Å². The average molecular weight is 483 g/mol. The van der Waals surface area contributed by atoms with E-state index in [1.807, 2.05) is 0 Å². The third-order valence-electron chi connectivity index (χ3n) is 7.82. The second-order valence-corrected chi connectivity index (χ2v) is 9.89. The summed E-state index contributed by atoms with van der Waals surface area (Å²) in [6.07, 6.45) is 0.184. The van der Waals surface area contributed by atoms with Gasteiger partial charge >= 0.3 is 12.0 Å². The summed E-state index contributed by atoms with van der Waals surface area (Å²) in [5.41, 5.74) is -3.51. The average Bonchev–Trinajstić information content (AvgIpc) is 3.15. The van der Waals surface area contributed by atoms with E-state index in [9.17, 15) is 29.7 Å². The zero-order valence-electron chi connectivity index (χ0n) is 20.1. The van der Waals surface area contributed by atoms with Gasteiger partial charge in [-0.15, -0.1) is 0 Å². The number of ketones is 1. The molecule has 2 amide bonds. The predicted octanol–water partition coefficient (Wildman–Crippen LogP) is 1.85. The molecule has 0 radical (unpaired) electrons. The van der Waals surface area contributed by atoms with Gasteiger partial charge in [-0.2, -0.15) is 0 Å². The number of amides is 2. The molecule has 1 saturated heterocycles. The molecule has 0 unspecified atom stereocenters. The molecular formula is C26H30N2O7. The summed E-state index contributed by atoms with van der Waals surface area (Å²) in [6, 6.07) is 10.3. The fourth-order valence-electron chi connectivity index (χ4n) is 5.52. The Morgan fingerprint density at radius 1 is 1.11 bits per heavy atom. The number of phenolic OH excluding ortho intramolecular Hbond substituents is 1. The Hall–Kier alpha value is -3.43. The lowest BCUT2D eigenvalue weighted by Gasteiger charge is -2.43. The number of benzene rings is 2. The highest BCUT2D eigenvalue weighted by atomic mass is 16.5. The van der Waals surface area contributed by atoms with E-state index in [0.717, 1.165) is 0 Å². The van der Waals surface area contributed by atoms with Gasteiger partial charge in [0.1, 0.15) is 29.1 Å². The number of phenols is 1. The number of fused-ring (bicyclic) bond motifs is 1. The van der Waals surface area contributed by atoms with Gasteiger partial charge in [0.25, 0.3) is 0 Å². The largest absolute Gasteiger partial charge is 0.507 e. The first kappa shape index (κ1) is 24.7. The fraction of sp³-hybridized carbons (Fsp3) is 0.423. The Morgan fingerprint density at radius 2 is 1.80 bits per heavy atom. The highest BCUT2D eigenvalue weighted by molar-refractivity contribution is 5.94. The summed E-state index contributed by atoms with van der Waals surface area (Å²) in [6.45, 7) is 5.54. The molecule has 9 heteroatoms. The number of rotatable bonds is 6. The molecule has 5 atom stereocenters. The monoisotopic (exact) mass is 482 g/mol. The molecule has 0 aromatic heterocycles.